The number of aromatic nitrogens is 5. The van der Waals surface area contributed by atoms with Gasteiger partial charge < -0.3 is 11.1 Å². The quantitative estimate of drug-likeness (QED) is 0.537. The van der Waals surface area contributed by atoms with Crippen LogP contribution in [-0.2, 0) is 4.79 Å². The van der Waals surface area contributed by atoms with E-state index in [1.54, 1.807) is 24.3 Å². The molecule has 0 aliphatic rings. The Balaban J connectivity index is 1.76. The smallest absolute Gasteiger partial charge is 0.221 e. The summed E-state index contributed by atoms with van der Waals surface area (Å²) in [5.41, 5.74) is 7.89. The van der Waals surface area contributed by atoms with Crippen molar-refractivity contribution in [1.82, 2.24) is 24.7 Å². The lowest BCUT2D eigenvalue weighted by Crippen LogP contribution is -2.06. The highest BCUT2D eigenvalue weighted by Gasteiger charge is 2.19. The van der Waals surface area contributed by atoms with Gasteiger partial charge in [0.15, 0.2) is 29.0 Å². The molecule has 0 atom stereocenters. The molecule has 150 valence electrons. The Morgan fingerprint density at radius 1 is 1.13 bits per heavy atom. The van der Waals surface area contributed by atoms with Crippen LogP contribution in [0.1, 0.15) is 6.92 Å². The predicted molar refractivity (Wildman–Crippen MR) is 106 cm³/mol. The van der Waals surface area contributed by atoms with Gasteiger partial charge in [0.25, 0.3) is 0 Å². The zero-order valence-corrected chi connectivity index (χ0v) is 15.7. The number of nitrogens with one attached hydrogen (secondary N) is 1. The number of nitrogens with zero attached hydrogens (tertiary/aromatic N) is 5. The summed E-state index contributed by atoms with van der Waals surface area (Å²) in [6, 6.07) is 10.7. The summed E-state index contributed by atoms with van der Waals surface area (Å²) in [6.07, 6.45) is 2.72. The molecule has 0 spiro atoms. The first-order chi connectivity index (χ1) is 14.4. The molecule has 3 N–H and O–H groups in total. The number of carbonyl (C=O) groups excluding carboxylic acids is 1. The van der Waals surface area contributed by atoms with E-state index in [0.717, 1.165) is 6.07 Å². The average Bonchev–Trinajstić information content (AvgIpc) is 3.20. The Hall–Kier alpha value is -4.21. The molecule has 0 saturated carbocycles. The maximum Gasteiger partial charge on any atom is 0.221 e. The Labute approximate surface area is 169 Å². The largest absolute Gasteiger partial charge is 0.382 e. The summed E-state index contributed by atoms with van der Waals surface area (Å²) in [4.78, 5) is 19.8. The number of amides is 1. The molecule has 4 aromatic rings. The number of hydrogen-bond donors (Lipinski definition) is 2. The number of benzene rings is 2. The number of halogens is 2. The number of nitrogen functional groups attached to an aromatic ring is 1. The summed E-state index contributed by atoms with van der Waals surface area (Å²) in [7, 11) is 0. The molecular weight excluding hydrogens is 392 g/mol. The first-order valence-electron chi connectivity index (χ1n) is 8.79. The maximum atomic E-state index is 14.3. The summed E-state index contributed by atoms with van der Waals surface area (Å²) in [6.45, 7) is 1.42. The second-order valence-corrected chi connectivity index (χ2v) is 6.35. The molecule has 0 saturated heterocycles. The molecule has 8 nitrogen and oxygen atoms in total. The van der Waals surface area contributed by atoms with Gasteiger partial charge in [0.1, 0.15) is 6.33 Å². The summed E-state index contributed by atoms with van der Waals surface area (Å²) in [5, 5.41) is 10.4. The molecule has 10 heteroatoms. The normalized spacial score (nSPS) is 10.8. The van der Waals surface area contributed by atoms with Crippen LogP contribution >= 0.6 is 0 Å². The number of anilines is 2. The van der Waals surface area contributed by atoms with E-state index in [1.807, 2.05) is 0 Å². The first-order valence-corrected chi connectivity index (χ1v) is 8.79. The molecule has 4 rings (SSSR count). The zero-order chi connectivity index (χ0) is 21.3. The summed E-state index contributed by atoms with van der Waals surface area (Å²) in [5.74, 6) is -2.06. The SMILES string of the molecule is CC(=O)Nc1ccc(-c2cnc(N)c(-c3nncn3-c3cccc(F)c3F)n2)cc1. The van der Waals surface area contributed by atoms with Crippen molar-refractivity contribution in [2.75, 3.05) is 11.1 Å². The summed E-state index contributed by atoms with van der Waals surface area (Å²) >= 11 is 0. The molecule has 30 heavy (non-hydrogen) atoms. The van der Waals surface area contributed by atoms with E-state index in [4.69, 9.17) is 5.73 Å². The van der Waals surface area contributed by atoms with Crippen molar-refractivity contribution in [2.45, 2.75) is 6.92 Å². The third kappa shape index (κ3) is 3.58. The summed E-state index contributed by atoms with van der Waals surface area (Å²) < 4.78 is 29.2. The Morgan fingerprint density at radius 2 is 1.90 bits per heavy atom. The highest BCUT2D eigenvalue weighted by atomic mass is 19.2. The zero-order valence-electron chi connectivity index (χ0n) is 15.7. The van der Waals surface area contributed by atoms with Crippen molar-refractivity contribution in [1.29, 1.82) is 0 Å². The van der Waals surface area contributed by atoms with Crippen LogP contribution in [0, 0.1) is 11.6 Å². The average molecular weight is 407 g/mol. The van der Waals surface area contributed by atoms with Crippen LogP contribution in [0.2, 0.25) is 0 Å². The third-order valence-electron chi connectivity index (χ3n) is 4.25. The van der Waals surface area contributed by atoms with E-state index < -0.39 is 11.6 Å². The molecule has 0 radical (unpaired) electrons. The van der Waals surface area contributed by atoms with Gasteiger partial charge in [0.2, 0.25) is 5.91 Å². The molecular formula is C20H15F2N7O. The fourth-order valence-electron chi connectivity index (χ4n) is 2.88. The molecule has 0 unspecified atom stereocenters. The van der Waals surface area contributed by atoms with Gasteiger partial charge in [0, 0.05) is 18.2 Å². The van der Waals surface area contributed by atoms with Gasteiger partial charge in [-0.2, -0.15) is 0 Å². The second-order valence-electron chi connectivity index (χ2n) is 6.35. The lowest BCUT2D eigenvalue weighted by molar-refractivity contribution is -0.114. The lowest BCUT2D eigenvalue weighted by Gasteiger charge is -2.10. The van der Waals surface area contributed by atoms with E-state index >= 15 is 0 Å². The molecule has 2 aromatic heterocycles. The van der Waals surface area contributed by atoms with Crippen LogP contribution in [0.4, 0.5) is 20.3 Å². The Bertz CT molecular complexity index is 1240. The molecule has 2 heterocycles. The Kier molecular flexibility index (Phi) is 4.88. The fraction of sp³-hybridized carbons (Fsp3) is 0.0500. The minimum Gasteiger partial charge on any atom is -0.382 e. The number of hydrogen-bond acceptors (Lipinski definition) is 6. The number of rotatable bonds is 4. The molecule has 0 aliphatic heterocycles. The molecule has 1 amide bonds. The lowest BCUT2D eigenvalue weighted by atomic mass is 10.1. The van der Waals surface area contributed by atoms with Crippen molar-refractivity contribution in [3.63, 3.8) is 0 Å². The second kappa shape index (κ2) is 7.66. The van der Waals surface area contributed by atoms with Gasteiger partial charge >= 0.3 is 0 Å². The number of nitrogens with two attached hydrogens (primary N) is 1. The third-order valence-corrected chi connectivity index (χ3v) is 4.25. The Morgan fingerprint density at radius 3 is 2.63 bits per heavy atom. The van der Waals surface area contributed by atoms with Gasteiger partial charge in [-0.3, -0.25) is 9.36 Å². The van der Waals surface area contributed by atoms with Crippen molar-refractivity contribution < 1.29 is 13.6 Å². The topological polar surface area (TPSA) is 112 Å². The van der Waals surface area contributed by atoms with Crippen molar-refractivity contribution >= 4 is 17.4 Å². The van der Waals surface area contributed by atoms with Crippen LogP contribution in [0.3, 0.4) is 0 Å². The van der Waals surface area contributed by atoms with E-state index in [0.29, 0.717) is 16.9 Å². The van der Waals surface area contributed by atoms with Crippen LogP contribution in [0.25, 0.3) is 28.5 Å². The molecule has 2 aromatic carbocycles. The highest BCUT2D eigenvalue weighted by molar-refractivity contribution is 5.89. The van der Waals surface area contributed by atoms with Crippen LogP contribution in [-0.4, -0.2) is 30.6 Å². The monoisotopic (exact) mass is 407 g/mol. The molecule has 0 aliphatic carbocycles. The number of carbonyl (C=O) groups is 1. The van der Waals surface area contributed by atoms with E-state index in [-0.39, 0.29) is 28.9 Å². The molecule has 0 bridgehead atoms. The van der Waals surface area contributed by atoms with Gasteiger partial charge in [0.05, 0.1) is 17.6 Å². The minimum absolute atomic E-state index is 0.0553. The van der Waals surface area contributed by atoms with Crippen molar-refractivity contribution in [3.8, 4) is 28.5 Å². The predicted octanol–water partition coefficient (Wildman–Crippen LogP) is 3.21. The molecule has 0 fully saturated rings. The maximum absolute atomic E-state index is 14.3. The van der Waals surface area contributed by atoms with Gasteiger partial charge in [-0.1, -0.05) is 18.2 Å². The standard InChI is InChI=1S/C20H15F2N7O/c1-11(30)26-13-7-5-12(6-8-13)15-9-24-19(23)18(27-15)20-28-25-10-29(20)16-4-2-3-14(21)17(16)22/h2-10H,1H3,(H2,23,24)(H,26,30). The van der Waals surface area contributed by atoms with Gasteiger partial charge in [-0.25, -0.2) is 18.7 Å². The van der Waals surface area contributed by atoms with E-state index in [2.05, 4.69) is 25.5 Å². The van der Waals surface area contributed by atoms with Gasteiger partial charge in [-0.05, 0) is 24.3 Å². The van der Waals surface area contributed by atoms with Crippen LogP contribution in [0.15, 0.2) is 55.0 Å². The fourth-order valence-corrected chi connectivity index (χ4v) is 2.88. The highest BCUT2D eigenvalue weighted by Crippen LogP contribution is 2.28. The van der Waals surface area contributed by atoms with E-state index in [9.17, 15) is 13.6 Å². The van der Waals surface area contributed by atoms with E-state index in [1.165, 1.54) is 36.1 Å². The van der Waals surface area contributed by atoms with Crippen molar-refractivity contribution in [2.24, 2.45) is 0 Å². The van der Waals surface area contributed by atoms with Crippen molar-refractivity contribution in [3.05, 3.63) is 66.6 Å². The minimum atomic E-state index is -1.05. The van der Waals surface area contributed by atoms with Crippen LogP contribution in [0.5, 0.6) is 0 Å². The van der Waals surface area contributed by atoms with Gasteiger partial charge in [-0.15, -0.1) is 10.2 Å². The van der Waals surface area contributed by atoms with Crippen LogP contribution < -0.4 is 11.1 Å². The first kappa shape index (κ1) is 19.1.